The minimum Gasteiger partial charge on any atom is -0.445 e. The molecule has 0 bridgehead atoms. The normalized spacial score (nSPS) is 14.1. The quantitative estimate of drug-likeness (QED) is 0.568. The smallest absolute Gasteiger partial charge is 0.416 e. The lowest BCUT2D eigenvalue weighted by molar-refractivity contribution is -0.150. The third kappa shape index (κ3) is 3.64. The third-order valence-electron chi connectivity index (χ3n) is 3.40. The van der Waals surface area contributed by atoms with Crippen molar-refractivity contribution in [1.82, 2.24) is 0 Å². The summed E-state index contributed by atoms with van der Waals surface area (Å²) in [5.74, 6) is -0.596. The Labute approximate surface area is 136 Å². The molecule has 6 heteroatoms. The van der Waals surface area contributed by atoms with Crippen LogP contribution in [0.25, 0.3) is 0 Å². The standard InChI is InChI=1S/C17H15F3O2S/c1-11(2)15(21)22-16(3,14-5-4-10-23-14)12-6-8-13(9-7-12)17(18,19)20/h4-10H,1H2,2-3H3. The summed E-state index contributed by atoms with van der Waals surface area (Å²) >= 11 is 1.36. The zero-order valence-corrected chi connectivity index (χ0v) is 13.4. The van der Waals surface area contributed by atoms with Crippen molar-refractivity contribution in [3.8, 4) is 0 Å². The summed E-state index contributed by atoms with van der Waals surface area (Å²) in [7, 11) is 0. The summed E-state index contributed by atoms with van der Waals surface area (Å²) in [5, 5.41) is 1.81. The molecule has 0 N–H and O–H groups in total. The number of carbonyl (C=O) groups excluding carboxylic acids is 1. The summed E-state index contributed by atoms with van der Waals surface area (Å²) in [4.78, 5) is 12.7. The first kappa shape index (κ1) is 17.3. The van der Waals surface area contributed by atoms with E-state index in [1.165, 1.54) is 30.4 Å². The summed E-state index contributed by atoms with van der Waals surface area (Å²) in [6.45, 7) is 6.71. The Morgan fingerprint density at radius 3 is 2.13 bits per heavy atom. The van der Waals surface area contributed by atoms with Gasteiger partial charge in [-0.05, 0) is 37.4 Å². The molecule has 0 radical (unpaired) electrons. The van der Waals surface area contributed by atoms with Crippen LogP contribution in [0.15, 0.2) is 53.9 Å². The lowest BCUT2D eigenvalue weighted by atomic mass is 9.93. The van der Waals surface area contributed by atoms with Gasteiger partial charge in [-0.15, -0.1) is 11.3 Å². The summed E-state index contributed by atoms with van der Waals surface area (Å²) in [6, 6.07) is 8.18. The first-order valence-corrected chi connectivity index (χ1v) is 7.63. The van der Waals surface area contributed by atoms with Gasteiger partial charge in [0.05, 0.1) is 10.4 Å². The Kier molecular flexibility index (Phi) is 4.66. The molecule has 2 nitrogen and oxygen atoms in total. The van der Waals surface area contributed by atoms with Gasteiger partial charge < -0.3 is 4.74 Å². The number of ether oxygens (including phenoxy) is 1. The van der Waals surface area contributed by atoms with Crippen molar-refractivity contribution in [2.45, 2.75) is 25.6 Å². The number of halogens is 3. The molecule has 2 aromatic rings. The molecule has 0 fully saturated rings. The number of esters is 1. The van der Waals surface area contributed by atoms with Gasteiger partial charge in [-0.3, -0.25) is 0 Å². The second kappa shape index (κ2) is 6.20. The first-order valence-electron chi connectivity index (χ1n) is 6.75. The Morgan fingerprint density at radius 1 is 1.13 bits per heavy atom. The maximum atomic E-state index is 12.7. The van der Waals surface area contributed by atoms with Gasteiger partial charge in [0.1, 0.15) is 0 Å². The summed E-state index contributed by atoms with van der Waals surface area (Å²) in [5.41, 5.74) is -1.24. The van der Waals surface area contributed by atoms with Crippen molar-refractivity contribution in [3.05, 3.63) is 69.9 Å². The molecule has 0 spiro atoms. The second-order valence-corrected chi connectivity index (χ2v) is 6.20. The van der Waals surface area contributed by atoms with E-state index >= 15 is 0 Å². The lowest BCUT2D eigenvalue weighted by Gasteiger charge is -2.29. The van der Waals surface area contributed by atoms with E-state index in [0.717, 1.165) is 12.1 Å². The molecule has 1 aromatic heterocycles. The predicted octanol–water partition coefficient (Wildman–Crippen LogP) is 5.15. The zero-order chi connectivity index (χ0) is 17.3. The van der Waals surface area contributed by atoms with E-state index < -0.39 is 23.3 Å². The molecule has 1 heterocycles. The largest absolute Gasteiger partial charge is 0.445 e. The van der Waals surface area contributed by atoms with Gasteiger partial charge in [0.2, 0.25) is 0 Å². The van der Waals surface area contributed by atoms with Gasteiger partial charge >= 0.3 is 12.1 Å². The van der Waals surface area contributed by atoms with Gasteiger partial charge in [0.25, 0.3) is 0 Å². The maximum Gasteiger partial charge on any atom is 0.416 e. The molecule has 0 amide bonds. The average Bonchev–Trinajstić information content (AvgIpc) is 3.01. The van der Waals surface area contributed by atoms with Crippen LogP contribution in [0, 0.1) is 0 Å². The second-order valence-electron chi connectivity index (χ2n) is 5.26. The maximum absolute atomic E-state index is 12.7. The predicted molar refractivity (Wildman–Crippen MR) is 83.1 cm³/mol. The van der Waals surface area contributed by atoms with Crippen LogP contribution in [0.4, 0.5) is 13.2 Å². The van der Waals surface area contributed by atoms with Crippen molar-refractivity contribution in [1.29, 1.82) is 0 Å². The molecule has 0 aliphatic heterocycles. The Morgan fingerprint density at radius 2 is 1.70 bits per heavy atom. The van der Waals surface area contributed by atoms with Crippen LogP contribution < -0.4 is 0 Å². The molecule has 1 aromatic carbocycles. The monoisotopic (exact) mass is 340 g/mol. The highest BCUT2D eigenvalue weighted by Crippen LogP contribution is 2.38. The minimum atomic E-state index is -4.41. The number of thiophene rings is 1. The Balaban J connectivity index is 2.46. The van der Waals surface area contributed by atoms with Crippen LogP contribution in [-0.2, 0) is 21.3 Å². The highest BCUT2D eigenvalue weighted by molar-refractivity contribution is 7.10. The van der Waals surface area contributed by atoms with E-state index in [-0.39, 0.29) is 5.57 Å². The van der Waals surface area contributed by atoms with Crippen molar-refractivity contribution in [2.75, 3.05) is 0 Å². The SMILES string of the molecule is C=C(C)C(=O)OC(C)(c1ccc(C(F)(F)F)cc1)c1cccs1. The molecule has 1 atom stereocenters. The van der Waals surface area contributed by atoms with E-state index in [1.54, 1.807) is 19.1 Å². The fourth-order valence-corrected chi connectivity index (χ4v) is 2.90. The van der Waals surface area contributed by atoms with Gasteiger partial charge in [-0.25, -0.2) is 4.79 Å². The van der Waals surface area contributed by atoms with Crippen LogP contribution >= 0.6 is 11.3 Å². The van der Waals surface area contributed by atoms with Crippen molar-refractivity contribution < 1.29 is 22.7 Å². The van der Waals surface area contributed by atoms with E-state index in [0.29, 0.717) is 10.4 Å². The van der Waals surface area contributed by atoms with Crippen LogP contribution in [0.2, 0.25) is 0 Å². The molecule has 1 unspecified atom stereocenters. The van der Waals surface area contributed by atoms with Gasteiger partial charge in [-0.2, -0.15) is 13.2 Å². The molecule has 0 saturated carbocycles. The molecule has 122 valence electrons. The number of benzene rings is 1. The van der Waals surface area contributed by atoms with Gasteiger partial charge in [0, 0.05) is 11.1 Å². The van der Waals surface area contributed by atoms with Crippen molar-refractivity contribution in [2.24, 2.45) is 0 Å². The highest BCUT2D eigenvalue weighted by atomic mass is 32.1. The molecular weight excluding hydrogens is 325 g/mol. The number of alkyl halides is 3. The molecular formula is C17H15F3O2S. The van der Waals surface area contributed by atoms with Crippen LogP contribution in [0.3, 0.4) is 0 Å². The average molecular weight is 340 g/mol. The molecule has 0 aliphatic rings. The van der Waals surface area contributed by atoms with Crippen LogP contribution in [0.5, 0.6) is 0 Å². The Hall–Kier alpha value is -2.08. The number of hydrogen-bond acceptors (Lipinski definition) is 3. The van der Waals surface area contributed by atoms with E-state index in [9.17, 15) is 18.0 Å². The van der Waals surface area contributed by atoms with Gasteiger partial charge in [-0.1, -0.05) is 24.8 Å². The minimum absolute atomic E-state index is 0.222. The fourth-order valence-electron chi connectivity index (χ4n) is 2.05. The van der Waals surface area contributed by atoms with Crippen LogP contribution in [0.1, 0.15) is 29.9 Å². The highest BCUT2D eigenvalue weighted by Gasteiger charge is 2.36. The molecule has 0 aliphatic carbocycles. The van der Waals surface area contributed by atoms with E-state index in [4.69, 9.17) is 4.74 Å². The topological polar surface area (TPSA) is 26.3 Å². The fraction of sp³-hybridized carbons (Fsp3) is 0.235. The van der Waals surface area contributed by atoms with Crippen LogP contribution in [-0.4, -0.2) is 5.97 Å². The van der Waals surface area contributed by atoms with E-state index in [2.05, 4.69) is 6.58 Å². The van der Waals surface area contributed by atoms with E-state index in [1.807, 2.05) is 5.38 Å². The number of carbonyl (C=O) groups is 1. The van der Waals surface area contributed by atoms with Crippen molar-refractivity contribution >= 4 is 17.3 Å². The molecule has 2 rings (SSSR count). The zero-order valence-electron chi connectivity index (χ0n) is 12.6. The lowest BCUT2D eigenvalue weighted by Crippen LogP contribution is -2.30. The number of rotatable bonds is 4. The molecule has 23 heavy (non-hydrogen) atoms. The summed E-state index contributed by atoms with van der Waals surface area (Å²) < 4.78 is 43.7. The first-order chi connectivity index (χ1) is 10.6. The third-order valence-corrected chi connectivity index (χ3v) is 4.47. The number of hydrogen-bond donors (Lipinski definition) is 0. The molecule has 0 saturated heterocycles. The van der Waals surface area contributed by atoms with Crippen molar-refractivity contribution in [3.63, 3.8) is 0 Å². The van der Waals surface area contributed by atoms with Gasteiger partial charge in [0.15, 0.2) is 5.60 Å². The Bertz CT molecular complexity index is 702. The summed E-state index contributed by atoms with van der Waals surface area (Å²) in [6.07, 6.45) is -4.41.